The predicted octanol–water partition coefficient (Wildman–Crippen LogP) is 2.57. The van der Waals surface area contributed by atoms with Crippen LogP contribution in [0.5, 0.6) is 0 Å². The highest BCUT2D eigenvalue weighted by atomic mass is 16.5. The van der Waals surface area contributed by atoms with Gasteiger partial charge in [0.2, 0.25) is 0 Å². The Labute approximate surface area is 130 Å². The molecule has 0 amide bonds. The summed E-state index contributed by atoms with van der Waals surface area (Å²) < 4.78 is 5.31. The van der Waals surface area contributed by atoms with Crippen LogP contribution in [-0.4, -0.2) is 36.2 Å². The number of aromatic nitrogens is 1. The summed E-state index contributed by atoms with van der Waals surface area (Å²) in [6.45, 7) is 6.85. The first-order valence-electron chi connectivity index (χ1n) is 7.64. The van der Waals surface area contributed by atoms with Gasteiger partial charge in [0.1, 0.15) is 0 Å². The number of benzene rings is 1. The molecule has 0 aliphatic carbocycles. The first-order chi connectivity index (χ1) is 10.7. The average molecular weight is 296 g/mol. The molecule has 1 aliphatic rings. The molecule has 0 radical (unpaired) electrons. The first kappa shape index (κ1) is 14.6. The number of anilines is 1. The van der Waals surface area contributed by atoms with Crippen LogP contribution in [-0.2, 0) is 6.54 Å². The average Bonchev–Trinajstić information content (AvgIpc) is 2.81. The van der Waals surface area contributed by atoms with Crippen molar-refractivity contribution >= 4 is 5.69 Å². The van der Waals surface area contributed by atoms with Crippen molar-refractivity contribution in [2.75, 3.05) is 31.1 Å². The highest BCUT2D eigenvalue weighted by molar-refractivity contribution is 5.49. The van der Waals surface area contributed by atoms with Gasteiger partial charge in [-0.3, -0.25) is 4.90 Å². The molecule has 0 atom stereocenters. The Morgan fingerprint density at radius 1 is 1.18 bits per heavy atom. The van der Waals surface area contributed by atoms with E-state index in [-0.39, 0.29) is 0 Å². The zero-order valence-corrected chi connectivity index (χ0v) is 12.8. The molecule has 114 valence electrons. The fourth-order valence-corrected chi connectivity index (χ4v) is 2.85. The summed E-state index contributed by atoms with van der Waals surface area (Å²) in [6, 6.07) is 12.0. The van der Waals surface area contributed by atoms with Gasteiger partial charge in [-0.05, 0) is 37.6 Å². The highest BCUT2D eigenvalue weighted by Gasteiger charge is 2.16. The smallest absolute Gasteiger partial charge is 0.150 e. The summed E-state index contributed by atoms with van der Waals surface area (Å²) in [4.78, 5) is 4.79. The van der Waals surface area contributed by atoms with E-state index in [1.165, 1.54) is 5.69 Å². The second-order valence-corrected chi connectivity index (χ2v) is 5.71. The quantitative estimate of drug-likeness (QED) is 0.871. The summed E-state index contributed by atoms with van der Waals surface area (Å²) in [5.41, 5.74) is 2.83. The van der Waals surface area contributed by atoms with Gasteiger partial charge in [0.25, 0.3) is 0 Å². The van der Waals surface area contributed by atoms with Crippen LogP contribution in [0.2, 0.25) is 0 Å². The van der Waals surface area contributed by atoms with Gasteiger partial charge in [0.15, 0.2) is 5.76 Å². The van der Waals surface area contributed by atoms with E-state index in [1.807, 2.05) is 37.3 Å². The van der Waals surface area contributed by atoms with Crippen LogP contribution in [0.3, 0.4) is 0 Å². The van der Waals surface area contributed by atoms with Gasteiger partial charge in [-0.1, -0.05) is 5.16 Å². The molecule has 5 nitrogen and oxygen atoms in total. The fourth-order valence-electron chi connectivity index (χ4n) is 2.85. The molecule has 1 aromatic carbocycles. The Morgan fingerprint density at radius 3 is 2.68 bits per heavy atom. The summed E-state index contributed by atoms with van der Waals surface area (Å²) in [5.74, 6) is 0.935. The van der Waals surface area contributed by atoms with E-state index in [0.717, 1.165) is 50.6 Å². The van der Waals surface area contributed by atoms with E-state index in [0.29, 0.717) is 5.56 Å². The summed E-state index contributed by atoms with van der Waals surface area (Å²) >= 11 is 0. The first-order valence-corrected chi connectivity index (χ1v) is 7.64. The molecule has 3 rings (SSSR count). The Hall–Kier alpha value is -2.32. The third kappa shape index (κ3) is 3.46. The van der Waals surface area contributed by atoms with Crippen molar-refractivity contribution in [1.82, 2.24) is 10.1 Å². The molecule has 22 heavy (non-hydrogen) atoms. The van der Waals surface area contributed by atoms with Crippen molar-refractivity contribution in [1.29, 1.82) is 5.26 Å². The molecule has 0 bridgehead atoms. The van der Waals surface area contributed by atoms with Crippen LogP contribution in [0.1, 0.15) is 23.4 Å². The van der Waals surface area contributed by atoms with Gasteiger partial charge < -0.3 is 9.42 Å². The summed E-state index contributed by atoms with van der Waals surface area (Å²) in [7, 11) is 0. The molecule has 1 saturated heterocycles. The van der Waals surface area contributed by atoms with Crippen molar-refractivity contribution in [2.45, 2.75) is 19.9 Å². The van der Waals surface area contributed by atoms with Gasteiger partial charge in [-0.25, -0.2) is 0 Å². The largest absolute Gasteiger partial charge is 0.370 e. The molecule has 0 spiro atoms. The summed E-state index contributed by atoms with van der Waals surface area (Å²) in [5, 5.41) is 12.8. The number of hydrogen-bond donors (Lipinski definition) is 0. The Kier molecular flexibility index (Phi) is 4.40. The molecule has 2 aromatic rings. The lowest BCUT2D eigenvalue weighted by molar-refractivity contribution is 0.244. The molecule has 0 N–H and O–H groups in total. The lowest BCUT2D eigenvalue weighted by atomic mass is 10.2. The third-order valence-corrected chi connectivity index (χ3v) is 4.01. The summed E-state index contributed by atoms with van der Waals surface area (Å²) in [6.07, 6.45) is 1.12. The van der Waals surface area contributed by atoms with E-state index in [1.54, 1.807) is 0 Å². The van der Waals surface area contributed by atoms with Crippen LogP contribution < -0.4 is 4.90 Å². The maximum atomic E-state index is 8.88. The fraction of sp³-hybridized carbons (Fsp3) is 0.412. The van der Waals surface area contributed by atoms with Crippen molar-refractivity contribution in [2.24, 2.45) is 0 Å². The number of hydrogen-bond acceptors (Lipinski definition) is 5. The number of rotatable bonds is 3. The molecule has 5 heteroatoms. The SMILES string of the molecule is Cc1cc(CN2CCCN(c3ccc(C#N)cc3)CC2)on1. The Balaban J connectivity index is 1.60. The lowest BCUT2D eigenvalue weighted by Crippen LogP contribution is -2.30. The molecule has 0 unspecified atom stereocenters. The van der Waals surface area contributed by atoms with Crippen LogP contribution >= 0.6 is 0 Å². The van der Waals surface area contributed by atoms with Crippen LogP contribution in [0.25, 0.3) is 0 Å². The van der Waals surface area contributed by atoms with E-state index in [9.17, 15) is 0 Å². The molecule has 1 aromatic heterocycles. The zero-order chi connectivity index (χ0) is 15.4. The van der Waals surface area contributed by atoms with E-state index in [2.05, 4.69) is 21.0 Å². The van der Waals surface area contributed by atoms with Crippen molar-refractivity contribution < 1.29 is 4.52 Å². The van der Waals surface area contributed by atoms with Crippen LogP contribution in [0.4, 0.5) is 5.69 Å². The number of nitriles is 1. The molecule has 1 fully saturated rings. The van der Waals surface area contributed by atoms with Crippen molar-refractivity contribution in [3.63, 3.8) is 0 Å². The lowest BCUT2D eigenvalue weighted by Gasteiger charge is -2.23. The van der Waals surface area contributed by atoms with E-state index < -0.39 is 0 Å². The van der Waals surface area contributed by atoms with Crippen molar-refractivity contribution in [3.8, 4) is 6.07 Å². The van der Waals surface area contributed by atoms with Crippen molar-refractivity contribution in [3.05, 3.63) is 47.3 Å². The van der Waals surface area contributed by atoms with Crippen LogP contribution in [0.15, 0.2) is 34.9 Å². The molecule has 0 saturated carbocycles. The topological polar surface area (TPSA) is 56.3 Å². The van der Waals surface area contributed by atoms with Gasteiger partial charge in [0.05, 0.1) is 23.9 Å². The third-order valence-electron chi connectivity index (χ3n) is 4.01. The minimum atomic E-state index is 0.709. The zero-order valence-electron chi connectivity index (χ0n) is 12.8. The van der Waals surface area contributed by atoms with E-state index in [4.69, 9.17) is 9.78 Å². The molecule has 2 heterocycles. The van der Waals surface area contributed by atoms with E-state index >= 15 is 0 Å². The maximum Gasteiger partial charge on any atom is 0.150 e. The Morgan fingerprint density at radius 2 is 2.00 bits per heavy atom. The number of nitrogens with zero attached hydrogens (tertiary/aromatic N) is 4. The normalized spacial score (nSPS) is 16.3. The Bertz CT molecular complexity index is 656. The second-order valence-electron chi connectivity index (χ2n) is 5.71. The number of aryl methyl sites for hydroxylation is 1. The second kappa shape index (κ2) is 6.63. The molecule has 1 aliphatic heterocycles. The minimum Gasteiger partial charge on any atom is -0.370 e. The van der Waals surface area contributed by atoms with Gasteiger partial charge in [-0.2, -0.15) is 5.26 Å². The monoisotopic (exact) mass is 296 g/mol. The highest BCUT2D eigenvalue weighted by Crippen LogP contribution is 2.18. The van der Waals surface area contributed by atoms with Gasteiger partial charge in [0, 0.05) is 37.9 Å². The van der Waals surface area contributed by atoms with Crippen LogP contribution in [0, 0.1) is 18.3 Å². The van der Waals surface area contributed by atoms with Gasteiger partial charge in [-0.15, -0.1) is 0 Å². The standard InChI is InChI=1S/C17H20N4O/c1-14-11-17(22-19-14)13-20-7-2-8-21(10-9-20)16-5-3-15(12-18)4-6-16/h3-6,11H,2,7-10,13H2,1H3. The minimum absolute atomic E-state index is 0.709. The predicted molar refractivity (Wildman–Crippen MR) is 84.5 cm³/mol. The molecular weight excluding hydrogens is 276 g/mol. The maximum absolute atomic E-state index is 8.88. The molecular formula is C17H20N4O. The van der Waals surface area contributed by atoms with Gasteiger partial charge >= 0.3 is 0 Å².